The monoisotopic (exact) mass is 108 g/mol. The molecular weight excluding hydrogens is 96.1 g/mol. The summed E-state index contributed by atoms with van der Waals surface area (Å²) in [4.78, 5) is 0. The van der Waals surface area contributed by atoms with Gasteiger partial charge in [0.1, 0.15) is 13.8 Å². The van der Waals surface area contributed by atoms with Gasteiger partial charge in [0.2, 0.25) is 5.41 Å². The maximum Gasteiger partial charge on any atom is 0.222 e. The Balaban J connectivity index is 2.42. The Morgan fingerprint density at radius 3 is 1.50 bits per heavy atom. The van der Waals surface area contributed by atoms with Crippen molar-refractivity contribution in [3.63, 3.8) is 0 Å². The minimum atomic E-state index is 0.0312. The van der Waals surface area contributed by atoms with Crippen LogP contribution in [0, 0.1) is 38.5 Å². The van der Waals surface area contributed by atoms with Crippen molar-refractivity contribution in [1.29, 1.82) is 0 Å². The van der Waals surface area contributed by atoms with Gasteiger partial charge < -0.3 is 13.8 Å². The van der Waals surface area contributed by atoms with Crippen LogP contribution in [-0.4, -0.2) is 0 Å². The van der Waals surface area contributed by atoms with Gasteiger partial charge in [0.25, 0.3) is 0 Å². The second-order valence-electron chi connectivity index (χ2n) is 3.35. The highest BCUT2D eigenvalue weighted by molar-refractivity contribution is 5.08. The van der Waals surface area contributed by atoms with E-state index in [1.54, 1.807) is 0 Å². The van der Waals surface area contributed by atoms with Gasteiger partial charge in [0.15, 0.2) is 0 Å². The van der Waals surface area contributed by atoms with E-state index < -0.39 is 0 Å². The summed E-state index contributed by atoms with van der Waals surface area (Å²) in [6, 6.07) is 0. The SMILES string of the molecule is [CH2+]C1([CH2+])CC([CH2-])([CH2-])C1. The van der Waals surface area contributed by atoms with Crippen LogP contribution in [0.2, 0.25) is 0 Å². The van der Waals surface area contributed by atoms with Crippen LogP contribution in [0.15, 0.2) is 0 Å². The third-order valence-electron chi connectivity index (χ3n) is 1.50. The molecule has 1 rings (SSSR count). The summed E-state index contributed by atoms with van der Waals surface area (Å²) < 4.78 is 0. The van der Waals surface area contributed by atoms with Gasteiger partial charge >= 0.3 is 0 Å². The van der Waals surface area contributed by atoms with E-state index in [0.29, 0.717) is 0 Å². The van der Waals surface area contributed by atoms with Crippen molar-refractivity contribution >= 4 is 0 Å². The highest BCUT2D eigenvalue weighted by Gasteiger charge is 2.45. The van der Waals surface area contributed by atoms with Crippen molar-refractivity contribution in [2.75, 3.05) is 0 Å². The molecule has 0 heteroatoms. The predicted molar refractivity (Wildman–Crippen MR) is 35.5 cm³/mol. The van der Waals surface area contributed by atoms with Gasteiger partial charge in [-0.25, -0.2) is 0 Å². The van der Waals surface area contributed by atoms with Crippen molar-refractivity contribution in [1.82, 2.24) is 0 Å². The molecule has 1 aliphatic carbocycles. The van der Waals surface area contributed by atoms with Crippen molar-refractivity contribution in [3.8, 4) is 0 Å². The summed E-state index contributed by atoms with van der Waals surface area (Å²) in [5.41, 5.74) is 0.0625. The van der Waals surface area contributed by atoms with Crippen LogP contribution in [0.4, 0.5) is 0 Å². The fourth-order valence-corrected chi connectivity index (χ4v) is 1.54. The Morgan fingerprint density at radius 1 is 1.12 bits per heavy atom. The summed E-state index contributed by atoms with van der Waals surface area (Å²) in [7, 11) is 0. The van der Waals surface area contributed by atoms with Crippen molar-refractivity contribution in [2.24, 2.45) is 10.8 Å². The average molecular weight is 108 g/mol. The van der Waals surface area contributed by atoms with Gasteiger partial charge in [0, 0.05) is 0 Å². The van der Waals surface area contributed by atoms with Crippen molar-refractivity contribution in [2.45, 2.75) is 12.8 Å². The van der Waals surface area contributed by atoms with Crippen molar-refractivity contribution < 1.29 is 0 Å². The molecule has 0 aromatic heterocycles. The average Bonchev–Trinajstić information content (AvgIpc) is 1.20. The molecule has 1 fully saturated rings. The Bertz CT molecular complexity index is 76.6. The predicted octanol–water partition coefficient (Wildman–Crippen LogP) is 2.09. The first-order valence-corrected chi connectivity index (χ1v) is 2.83. The minimum Gasteiger partial charge on any atom is -0.366 e. The molecular formula is C8H12. The third kappa shape index (κ3) is 0.936. The van der Waals surface area contributed by atoms with Crippen LogP contribution in [0.25, 0.3) is 0 Å². The van der Waals surface area contributed by atoms with Gasteiger partial charge in [-0.1, -0.05) is 0 Å². The molecule has 0 saturated heterocycles. The molecule has 0 spiro atoms. The summed E-state index contributed by atoms with van der Waals surface area (Å²) in [5.74, 6) is 0. The van der Waals surface area contributed by atoms with Crippen molar-refractivity contribution in [3.05, 3.63) is 27.7 Å². The van der Waals surface area contributed by atoms with Crippen LogP contribution in [0.3, 0.4) is 0 Å². The van der Waals surface area contributed by atoms with E-state index in [2.05, 4.69) is 27.7 Å². The number of hydrogen-bond acceptors (Lipinski definition) is 0. The van der Waals surface area contributed by atoms with E-state index >= 15 is 0 Å². The van der Waals surface area contributed by atoms with Gasteiger partial charge in [-0.3, -0.25) is 5.41 Å². The molecule has 0 N–H and O–H groups in total. The van der Waals surface area contributed by atoms with Crippen LogP contribution in [-0.2, 0) is 0 Å². The summed E-state index contributed by atoms with van der Waals surface area (Å²) in [5, 5.41) is 0. The number of rotatable bonds is 0. The molecule has 0 radical (unpaired) electrons. The largest absolute Gasteiger partial charge is 0.366 e. The lowest BCUT2D eigenvalue weighted by atomic mass is 9.56. The quantitative estimate of drug-likeness (QED) is 0.417. The van der Waals surface area contributed by atoms with Crippen LogP contribution < -0.4 is 0 Å². The van der Waals surface area contributed by atoms with Gasteiger partial charge in [-0.2, -0.15) is 0 Å². The van der Waals surface area contributed by atoms with Gasteiger partial charge in [0.05, 0.1) is 0 Å². The first-order valence-electron chi connectivity index (χ1n) is 2.83. The molecule has 0 atom stereocenters. The van der Waals surface area contributed by atoms with Gasteiger partial charge in [-0.15, -0.1) is 0 Å². The molecule has 0 amide bonds. The molecule has 0 aromatic rings. The fourth-order valence-electron chi connectivity index (χ4n) is 1.54. The third-order valence-corrected chi connectivity index (χ3v) is 1.50. The Hall–Kier alpha value is -0.260. The Kier molecular flexibility index (Phi) is 0.863. The van der Waals surface area contributed by atoms with E-state index in [1.807, 2.05) is 0 Å². The highest BCUT2D eigenvalue weighted by Crippen LogP contribution is 2.52. The lowest BCUT2D eigenvalue weighted by Gasteiger charge is -2.52. The normalized spacial score (nSPS) is 31.2. The molecule has 0 nitrogen and oxygen atoms in total. The second kappa shape index (κ2) is 1.18. The number of hydrogen-bond donors (Lipinski definition) is 0. The maximum atomic E-state index is 3.88. The fraction of sp³-hybridized carbons (Fsp3) is 0.500. The zero-order valence-electron chi connectivity index (χ0n) is 5.24. The molecule has 0 bridgehead atoms. The summed E-state index contributed by atoms with van der Waals surface area (Å²) >= 11 is 0. The molecule has 0 heterocycles. The molecule has 8 heavy (non-hydrogen) atoms. The van der Waals surface area contributed by atoms with E-state index in [9.17, 15) is 0 Å². The van der Waals surface area contributed by atoms with Gasteiger partial charge in [-0.05, 0) is 12.8 Å². The van der Waals surface area contributed by atoms with E-state index in [1.165, 1.54) is 0 Å². The topological polar surface area (TPSA) is 0 Å². The zero-order valence-corrected chi connectivity index (χ0v) is 5.24. The second-order valence-corrected chi connectivity index (χ2v) is 3.35. The Labute approximate surface area is 52.3 Å². The standard InChI is InChI=1S/C8H12/c1-7(2)5-8(3,4)6-7/h1-6H2. The first-order chi connectivity index (χ1) is 3.41. The zero-order chi connectivity index (χ0) is 6.41. The maximum absolute atomic E-state index is 3.88. The van der Waals surface area contributed by atoms with Crippen LogP contribution in [0.5, 0.6) is 0 Å². The molecule has 0 aliphatic heterocycles. The highest BCUT2D eigenvalue weighted by atomic mass is 14.5. The first kappa shape index (κ1) is 5.87. The van der Waals surface area contributed by atoms with E-state index in [-0.39, 0.29) is 10.8 Å². The van der Waals surface area contributed by atoms with E-state index in [0.717, 1.165) is 12.8 Å². The lowest BCUT2D eigenvalue weighted by molar-refractivity contribution is 0.119. The smallest absolute Gasteiger partial charge is 0.222 e. The molecule has 0 aromatic carbocycles. The molecule has 1 aliphatic rings. The molecule has 0 unspecified atom stereocenters. The van der Waals surface area contributed by atoms with Crippen LogP contribution in [0.1, 0.15) is 12.8 Å². The molecule has 1 saturated carbocycles. The minimum absolute atomic E-state index is 0.0312. The van der Waals surface area contributed by atoms with Crippen LogP contribution >= 0.6 is 0 Å². The Morgan fingerprint density at radius 2 is 1.50 bits per heavy atom. The summed E-state index contributed by atoms with van der Waals surface area (Å²) in [6.45, 7) is 15.5. The van der Waals surface area contributed by atoms with E-state index in [4.69, 9.17) is 0 Å². The molecule has 44 valence electrons. The summed E-state index contributed by atoms with van der Waals surface area (Å²) in [6.07, 6.45) is 1.92. The lowest BCUT2D eigenvalue weighted by Crippen LogP contribution is -2.39.